The molecular formula is C10H18O6. The molecule has 0 radical (unpaired) electrons. The van der Waals surface area contributed by atoms with Crippen molar-refractivity contribution in [3.8, 4) is 0 Å². The first kappa shape index (κ1) is 12.2. The van der Waals surface area contributed by atoms with E-state index in [0.29, 0.717) is 13.2 Å². The lowest BCUT2D eigenvalue weighted by atomic mass is 10.1. The summed E-state index contributed by atoms with van der Waals surface area (Å²) < 4.78 is 21.9. The minimum Gasteiger partial charge on any atom is -0.391 e. The molecule has 94 valence electrons. The van der Waals surface area contributed by atoms with Gasteiger partial charge < -0.3 is 29.2 Å². The fourth-order valence-electron chi connectivity index (χ4n) is 1.83. The first-order valence-electron chi connectivity index (χ1n) is 5.35. The number of aliphatic hydroxyl groups excluding tert-OH is 2. The van der Waals surface area contributed by atoms with Gasteiger partial charge in [-0.2, -0.15) is 0 Å². The van der Waals surface area contributed by atoms with Crippen molar-refractivity contribution in [3.05, 3.63) is 0 Å². The van der Waals surface area contributed by atoms with Crippen molar-refractivity contribution in [2.75, 3.05) is 26.4 Å². The predicted octanol–water partition coefficient (Wildman–Crippen LogP) is -0.766. The van der Waals surface area contributed by atoms with E-state index < -0.39 is 11.6 Å². The highest BCUT2D eigenvalue weighted by Crippen LogP contribution is 2.31. The standard InChI is InChI=1S/C10H18O6/c1-9(5-11)13-3-8-7(15-9)4-14-10(2,6-12)16-8/h7-8,11-12H,3-6H2,1-2H3. The Balaban J connectivity index is 2.00. The lowest BCUT2D eigenvalue weighted by Gasteiger charge is -2.48. The van der Waals surface area contributed by atoms with Crippen molar-refractivity contribution in [3.63, 3.8) is 0 Å². The molecule has 0 aromatic carbocycles. The maximum absolute atomic E-state index is 9.12. The Morgan fingerprint density at radius 1 is 0.938 bits per heavy atom. The highest BCUT2D eigenvalue weighted by atomic mass is 16.8. The molecule has 0 aromatic heterocycles. The second-order valence-electron chi connectivity index (χ2n) is 4.52. The molecule has 2 saturated heterocycles. The van der Waals surface area contributed by atoms with E-state index >= 15 is 0 Å². The molecule has 2 heterocycles. The van der Waals surface area contributed by atoms with Crippen molar-refractivity contribution in [2.45, 2.75) is 37.6 Å². The Bertz CT molecular complexity index is 234. The van der Waals surface area contributed by atoms with Crippen molar-refractivity contribution < 1.29 is 29.2 Å². The molecule has 2 aliphatic rings. The van der Waals surface area contributed by atoms with Crippen LogP contribution in [-0.2, 0) is 18.9 Å². The zero-order valence-electron chi connectivity index (χ0n) is 9.51. The Morgan fingerprint density at radius 3 is 1.62 bits per heavy atom. The minimum absolute atomic E-state index is 0.215. The fourth-order valence-corrected chi connectivity index (χ4v) is 1.83. The Morgan fingerprint density at radius 2 is 1.31 bits per heavy atom. The average Bonchev–Trinajstić information content (AvgIpc) is 2.30. The molecule has 2 N–H and O–H groups in total. The van der Waals surface area contributed by atoms with E-state index in [-0.39, 0.29) is 25.4 Å². The minimum atomic E-state index is -0.985. The maximum atomic E-state index is 9.12. The summed E-state index contributed by atoms with van der Waals surface area (Å²) in [6, 6.07) is 0. The first-order valence-corrected chi connectivity index (χ1v) is 5.35. The molecule has 0 amide bonds. The lowest BCUT2D eigenvalue weighted by molar-refractivity contribution is -0.402. The SMILES string of the molecule is CC1(CO)OCC2OC(C)(CO)OCC2O1. The van der Waals surface area contributed by atoms with Crippen LogP contribution in [0.3, 0.4) is 0 Å². The van der Waals surface area contributed by atoms with Crippen LogP contribution in [0.5, 0.6) is 0 Å². The smallest absolute Gasteiger partial charge is 0.189 e. The molecule has 2 rings (SSSR count). The van der Waals surface area contributed by atoms with Gasteiger partial charge in [-0.05, 0) is 13.8 Å². The number of hydrogen-bond donors (Lipinski definition) is 2. The molecule has 0 aliphatic carbocycles. The van der Waals surface area contributed by atoms with Crippen molar-refractivity contribution >= 4 is 0 Å². The average molecular weight is 234 g/mol. The van der Waals surface area contributed by atoms with Crippen LogP contribution >= 0.6 is 0 Å². The summed E-state index contributed by atoms with van der Waals surface area (Å²) >= 11 is 0. The van der Waals surface area contributed by atoms with Gasteiger partial charge in [0.05, 0.1) is 26.4 Å². The van der Waals surface area contributed by atoms with Crippen LogP contribution in [0, 0.1) is 0 Å². The summed E-state index contributed by atoms with van der Waals surface area (Å²) in [7, 11) is 0. The van der Waals surface area contributed by atoms with Gasteiger partial charge in [-0.25, -0.2) is 0 Å². The topological polar surface area (TPSA) is 77.4 Å². The van der Waals surface area contributed by atoms with Crippen LogP contribution in [-0.4, -0.2) is 60.4 Å². The van der Waals surface area contributed by atoms with Crippen LogP contribution < -0.4 is 0 Å². The Hall–Kier alpha value is -0.240. The number of aliphatic hydroxyl groups is 2. The number of ether oxygens (including phenoxy) is 4. The van der Waals surface area contributed by atoms with E-state index in [9.17, 15) is 0 Å². The van der Waals surface area contributed by atoms with E-state index in [4.69, 9.17) is 29.2 Å². The molecule has 6 heteroatoms. The molecule has 4 atom stereocenters. The molecule has 16 heavy (non-hydrogen) atoms. The van der Waals surface area contributed by atoms with E-state index in [0.717, 1.165) is 0 Å². The molecule has 0 spiro atoms. The number of fused-ring (bicyclic) bond motifs is 1. The molecular weight excluding hydrogens is 216 g/mol. The van der Waals surface area contributed by atoms with Gasteiger partial charge in [-0.15, -0.1) is 0 Å². The van der Waals surface area contributed by atoms with Crippen molar-refractivity contribution in [1.82, 2.24) is 0 Å². The lowest BCUT2D eigenvalue weighted by Crippen LogP contribution is -2.61. The third-order valence-corrected chi connectivity index (χ3v) is 2.90. The summed E-state index contributed by atoms with van der Waals surface area (Å²) in [6.45, 7) is 3.55. The van der Waals surface area contributed by atoms with Gasteiger partial charge in [-0.1, -0.05) is 0 Å². The monoisotopic (exact) mass is 234 g/mol. The van der Waals surface area contributed by atoms with Gasteiger partial charge in [0.25, 0.3) is 0 Å². The zero-order chi connectivity index (χ0) is 11.8. The highest BCUT2D eigenvalue weighted by molar-refractivity contribution is 4.85. The second-order valence-corrected chi connectivity index (χ2v) is 4.52. The maximum Gasteiger partial charge on any atom is 0.189 e. The van der Waals surface area contributed by atoms with E-state index in [2.05, 4.69) is 0 Å². The van der Waals surface area contributed by atoms with Gasteiger partial charge in [-0.3, -0.25) is 0 Å². The molecule has 0 aromatic rings. The van der Waals surface area contributed by atoms with E-state index in [1.165, 1.54) is 0 Å². The second kappa shape index (κ2) is 4.21. The van der Waals surface area contributed by atoms with Crippen LogP contribution in [0.4, 0.5) is 0 Å². The van der Waals surface area contributed by atoms with Gasteiger partial charge in [0.15, 0.2) is 11.6 Å². The first-order chi connectivity index (χ1) is 7.50. The van der Waals surface area contributed by atoms with Crippen molar-refractivity contribution in [1.29, 1.82) is 0 Å². The van der Waals surface area contributed by atoms with Gasteiger partial charge in [0.2, 0.25) is 0 Å². The van der Waals surface area contributed by atoms with Gasteiger partial charge in [0, 0.05) is 0 Å². The third kappa shape index (κ3) is 2.22. The summed E-state index contributed by atoms with van der Waals surface area (Å²) in [5.74, 6) is -1.97. The largest absolute Gasteiger partial charge is 0.391 e. The van der Waals surface area contributed by atoms with Crippen LogP contribution in [0.1, 0.15) is 13.8 Å². The highest BCUT2D eigenvalue weighted by Gasteiger charge is 2.47. The molecule has 0 bridgehead atoms. The van der Waals surface area contributed by atoms with Crippen LogP contribution in [0.15, 0.2) is 0 Å². The summed E-state index contributed by atoms with van der Waals surface area (Å²) in [5, 5.41) is 18.2. The molecule has 2 aliphatic heterocycles. The fraction of sp³-hybridized carbons (Fsp3) is 1.00. The Labute approximate surface area is 94.1 Å². The van der Waals surface area contributed by atoms with E-state index in [1.807, 2.05) is 0 Å². The van der Waals surface area contributed by atoms with Crippen LogP contribution in [0.2, 0.25) is 0 Å². The molecule has 6 nitrogen and oxygen atoms in total. The normalized spacial score (nSPS) is 48.8. The zero-order valence-corrected chi connectivity index (χ0v) is 9.51. The molecule has 0 saturated carbocycles. The van der Waals surface area contributed by atoms with E-state index in [1.54, 1.807) is 13.8 Å². The Kier molecular flexibility index (Phi) is 3.22. The third-order valence-electron chi connectivity index (χ3n) is 2.90. The molecule has 4 unspecified atom stereocenters. The summed E-state index contributed by atoms with van der Waals surface area (Å²) in [5.41, 5.74) is 0. The quantitative estimate of drug-likeness (QED) is 0.653. The van der Waals surface area contributed by atoms with Gasteiger partial charge in [0.1, 0.15) is 12.2 Å². The number of rotatable bonds is 2. The predicted molar refractivity (Wildman–Crippen MR) is 52.6 cm³/mol. The van der Waals surface area contributed by atoms with Gasteiger partial charge >= 0.3 is 0 Å². The van der Waals surface area contributed by atoms with Crippen LogP contribution in [0.25, 0.3) is 0 Å². The van der Waals surface area contributed by atoms with Crippen molar-refractivity contribution in [2.24, 2.45) is 0 Å². The molecule has 2 fully saturated rings. The summed E-state index contributed by atoms with van der Waals surface area (Å²) in [4.78, 5) is 0. The summed E-state index contributed by atoms with van der Waals surface area (Å²) in [6.07, 6.45) is -0.545. The number of hydrogen-bond acceptors (Lipinski definition) is 6.